The Balaban J connectivity index is 3.07. The Labute approximate surface area is 97.6 Å². The maximum Gasteiger partial charge on any atom is 0.296 e. The molecule has 0 aliphatic rings. The van der Waals surface area contributed by atoms with Crippen LogP contribution in [0.5, 0.6) is 5.75 Å². The van der Waals surface area contributed by atoms with Crippen LogP contribution in [0.4, 0.5) is 0 Å². The van der Waals surface area contributed by atoms with E-state index in [0.717, 1.165) is 11.6 Å². The number of nitrogens with one attached hydrogen (secondary N) is 1. The summed E-state index contributed by atoms with van der Waals surface area (Å²) in [4.78, 5) is 25.2. The zero-order valence-corrected chi connectivity index (χ0v) is 9.65. The van der Waals surface area contributed by atoms with Crippen molar-refractivity contribution in [3.8, 4) is 5.75 Å². The molecule has 2 N–H and O–H groups in total. The van der Waals surface area contributed by atoms with Crippen molar-refractivity contribution in [3.05, 3.63) is 50.4 Å². The predicted molar refractivity (Wildman–Crippen MR) is 66.6 cm³/mol. The fraction of sp³-hybridized carbons (Fsp3) is 0.231. The van der Waals surface area contributed by atoms with Crippen LogP contribution in [0.25, 0.3) is 10.9 Å². The molecule has 17 heavy (non-hydrogen) atoms. The number of fused-ring (bicyclic) bond motifs is 1. The van der Waals surface area contributed by atoms with Crippen molar-refractivity contribution in [2.45, 2.75) is 19.8 Å². The van der Waals surface area contributed by atoms with Gasteiger partial charge in [-0.05, 0) is 17.5 Å². The van der Waals surface area contributed by atoms with Gasteiger partial charge >= 0.3 is 0 Å². The number of aromatic hydroxyl groups is 1. The Morgan fingerprint density at radius 2 is 1.94 bits per heavy atom. The summed E-state index contributed by atoms with van der Waals surface area (Å²) < 4.78 is 0. The Morgan fingerprint density at radius 3 is 2.59 bits per heavy atom. The number of benzene rings is 1. The molecule has 0 spiro atoms. The highest BCUT2D eigenvalue weighted by Crippen LogP contribution is 2.29. The van der Waals surface area contributed by atoms with E-state index in [2.05, 4.69) is 4.98 Å². The first-order valence-corrected chi connectivity index (χ1v) is 5.40. The monoisotopic (exact) mass is 231 g/mol. The van der Waals surface area contributed by atoms with Crippen molar-refractivity contribution >= 4 is 10.9 Å². The Morgan fingerprint density at radius 1 is 1.24 bits per heavy atom. The number of hydrogen-bond acceptors (Lipinski definition) is 3. The van der Waals surface area contributed by atoms with E-state index >= 15 is 0 Å². The normalized spacial score (nSPS) is 11.0. The van der Waals surface area contributed by atoms with Crippen LogP contribution in [0.15, 0.2) is 33.9 Å². The van der Waals surface area contributed by atoms with Crippen LogP contribution in [0, 0.1) is 0 Å². The maximum absolute atomic E-state index is 11.4. The third kappa shape index (κ3) is 1.93. The SMILES string of the molecule is CC(C)c1cccc2[nH]c(=O)c(=O)cc(O)c12. The van der Waals surface area contributed by atoms with E-state index in [9.17, 15) is 14.7 Å². The molecule has 4 heteroatoms. The Bertz CT molecular complexity index is 686. The predicted octanol–water partition coefficient (Wildman–Crippen LogP) is 1.72. The second kappa shape index (κ2) is 4.05. The summed E-state index contributed by atoms with van der Waals surface area (Å²) >= 11 is 0. The lowest BCUT2D eigenvalue weighted by molar-refractivity contribution is 0.481. The highest BCUT2D eigenvalue weighted by atomic mass is 16.3. The van der Waals surface area contributed by atoms with Gasteiger partial charge in [-0.25, -0.2) is 0 Å². The first kappa shape index (κ1) is 11.4. The minimum absolute atomic E-state index is 0.160. The topological polar surface area (TPSA) is 70.2 Å². The van der Waals surface area contributed by atoms with Crippen LogP contribution in [-0.4, -0.2) is 10.1 Å². The smallest absolute Gasteiger partial charge is 0.296 e. The van der Waals surface area contributed by atoms with E-state index in [-0.39, 0.29) is 11.7 Å². The van der Waals surface area contributed by atoms with Gasteiger partial charge in [-0.2, -0.15) is 0 Å². The van der Waals surface area contributed by atoms with Crippen LogP contribution >= 0.6 is 0 Å². The fourth-order valence-corrected chi connectivity index (χ4v) is 1.89. The van der Waals surface area contributed by atoms with Gasteiger partial charge in [0.2, 0.25) is 5.43 Å². The summed E-state index contributed by atoms with van der Waals surface area (Å²) in [5, 5.41) is 10.4. The van der Waals surface area contributed by atoms with Gasteiger partial charge in [0, 0.05) is 11.5 Å². The Hall–Kier alpha value is -2.10. The minimum Gasteiger partial charge on any atom is -0.507 e. The second-order valence-corrected chi connectivity index (χ2v) is 4.27. The molecule has 1 aromatic heterocycles. The summed E-state index contributed by atoms with van der Waals surface area (Å²) in [5.41, 5.74) is -0.100. The molecule has 0 aliphatic carbocycles. The van der Waals surface area contributed by atoms with E-state index < -0.39 is 11.0 Å². The molecule has 4 nitrogen and oxygen atoms in total. The van der Waals surface area contributed by atoms with Crippen LogP contribution in [0.2, 0.25) is 0 Å². The first-order valence-electron chi connectivity index (χ1n) is 5.40. The van der Waals surface area contributed by atoms with E-state index in [0.29, 0.717) is 10.9 Å². The molecule has 0 amide bonds. The lowest BCUT2D eigenvalue weighted by Crippen LogP contribution is -2.22. The van der Waals surface area contributed by atoms with Crippen molar-refractivity contribution < 1.29 is 5.11 Å². The standard InChI is InChI=1S/C13H13NO3/c1-7(2)8-4-3-5-9-12(8)10(15)6-11(16)13(17)14-9/h3-7,15H,1-2H3,(H,14,16,17). The van der Waals surface area contributed by atoms with Gasteiger partial charge in [-0.3, -0.25) is 9.59 Å². The number of aromatic amines is 1. The van der Waals surface area contributed by atoms with Gasteiger partial charge < -0.3 is 10.1 Å². The molecule has 1 aromatic carbocycles. The number of H-pyrrole nitrogens is 1. The third-order valence-corrected chi connectivity index (χ3v) is 2.71. The second-order valence-electron chi connectivity index (χ2n) is 4.27. The molecule has 0 atom stereocenters. The average molecular weight is 231 g/mol. The molecule has 0 saturated carbocycles. The third-order valence-electron chi connectivity index (χ3n) is 2.71. The van der Waals surface area contributed by atoms with Gasteiger partial charge in [-0.15, -0.1) is 0 Å². The molecule has 0 unspecified atom stereocenters. The summed E-state index contributed by atoms with van der Waals surface area (Å²) in [6, 6.07) is 6.29. The zero-order valence-electron chi connectivity index (χ0n) is 9.65. The van der Waals surface area contributed by atoms with E-state index in [1.165, 1.54) is 0 Å². The summed E-state index contributed by atoms with van der Waals surface area (Å²) in [6.07, 6.45) is 0. The van der Waals surface area contributed by atoms with Crippen molar-refractivity contribution in [3.63, 3.8) is 0 Å². The molecule has 2 aromatic rings. The van der Waals surface area contributed by atoms with Crippen LogP contribution in [0.3, 0.4) is 0 Å². The largest absolute Gasteiger partial charge is 0.507 e. The number of hydrogen-bond donors (Lipinski definition) is 2. The number of rotatable bonds is 1. The molecule has 0 aliphatic heterocycles. The fourth-order valence-electron chi connectivity index (χ4n) is 1.89. The molecule has 0 fully saturated rings. The maximum atomic E-state index is 11.4. The molecule has 0 bridgehead atoms. The van der Waals surface area contributed by atoms with E-state index in [1.807, 2.05) is 19.9 Å². The van der Waals surface area contributed by atoms with Crippen LogP contribution in [0.1, 0.15) is 25.3 Å². The van der Waals surface area contributed by atoms with Gasteiger partial charge in [0.15, 0.2) is 0 Å². The van der Waals surface area contributed by atoms with Crippen LogP contribution in [-0.2, 0) is 0 Å². The van der Waals surface area contributed by atoms with Gasteiger partial charge in [-0.1, -0.05) is 26.0 Å². The lowest BCUT2D eigenvalue weighted by atomic mass is 9.98. The number of aromatic nitrogens is 1. The van der Waals surface area contributed by atoms with Gasteiger partial charge in [0.25, 0.3) is 5.56 Å². The Kier molecular flexibility index (Phi) is 2.71. The molecule has 88 valence electrons. The molecule has 2 rings (SSSR count). The van der Waals surface area contributed by atoms with E-state index in [1.54, 1.807) is 12.1 Å². The van der Waals surface area contributed by atoms with Crippen LogP contribution < -0.4 is 11.0 Å². The summed E-state index contributed by atoms with van der Waals surface area (Å²) in [6.45, 7) is 3.97. The first-order chi connectivity index (χ1) is 8.00. The van der Waals surface area contributed by atoms with Gasteiger partial charge in [0.1, 0.15) is 5.75 Å². The van der Waals surface area contributed by atoms with Crippen molar-refractivity contribution in [2.75, 3.05) is 0 Å². The highest BCUT2D eigenvalue weighted by Gasteiger charge is 2.09. The molecule has 1 heterocycles. The molecular formula is C13H13NO3. The lowest BCUT2D eigenvalue weighted by Gasteiger charge is -2.08. The van der Waals surface area contributed by atoms with Crippen molar-refractivity contribution in [1.82, 2.24) is 4.98 Å². The minimum atomic E-state index is -0.742. The molecule has 0 saturated heterocycles. The van der Waals surface area contributed by atoms with E-state index in [4.69, 9.17) is 0 Å². The van der Waals surface area contributed by atoms with Gasteiger partial charge in [0.05, 0.1) is 5.52 Å². The highest BCUT2D eigenvalue weighted by molar-refractivity contribution is 5.87. The quantitative estimate of drug-likeness (QED) is 0.734. The van der Waals surface area contributed by atoms with Crippen molar-refractivity contribution in [2.24, 2.45) is 0 Å². The molecule has 0 radical (unpaired) electrons. The molecular weight excluding hydrogens is 218 g/mol. The average Bonchev–Trinajstić information content (AvgIpc) is 2.37. The summed E-state index contributed by atoms with van der Waals surface area (Å²) in [7, 11) is 0. The summed E-state index contributed by atoms with van der Waals surface area (Å²) in [5.74, 6) is 0.0262. The zero-order chi connectivity index (χ0) is 12.6. The van der Waals surface area contributed by atoms with Crippen molar-refractivity contribution in [1.29, 1.82) is 0 Å².